The molecule has 0 aliphatic heterocycles. The van der Waals surface area contributed by atoms with Gasteiger partial charge in [0.2, 0.25) is 10.0 Å². The number of nitrogens with zero attached hydrogens (tertiary/aromatic N) is 1. The van der Waals surface area contributed by atoms with E-state index in [-0.39, 0.29) is 23.2 Å². The monoisotopic (exact) mass is 308 g/mol. The Hall–Kier alpha value is -0.690. The summed E-state index contributed by atoms with van der Waals surface area (Å²) in [4.78, 5) is -0.428. The Morgan fingerprint density at radius 1 is 1.47 bits per heavy atom. The number of sulfonamides is 1. The molecule has 0 radical (unpaired) electrons. The molecule has 1 aromatic carbocycles. The van der Waals surface area contributed by atoms with Crippen LogP contribution >= 0.6 is 11.6 Å². The van der Waals surface area contributed by atoms with Crippen LogP contribution in [0, 0.1) is 5.82 Å². The third kappa shape index (κ3) is 3.25. The zero-order valence-electron chi connectivity index (χ0n) is 11.2. The van der Waals surface area contributed by atoms with E-state index in [0.717, 1.165) is 10.4 Å². The van der Waals surface area contributed by atoms with E-state index in [1.54, 1.807) is 6.92 Å². The number of benzene rings is 1. The van der Waals surface area contributed by atoms with Crippen LogP contribution in [0.4, 0.5) is 4.39 Å². The average Bonchev–Trinajstić information content (AvgIpc) is 2.38. The minimum atomic E-state index is -3.92. The highest BCUT2D eigenvalue weighted by Gasteiger charge is 2.29. The van der Waals surface area contributed by atoms with E-state index >= 15 is 0 Å². The first-order chi connectivity index (χ1) is 8.75. The summed E-state index contributed by atoms with van der Waals surface area (Å²) in [6, 6.07) is 2.22. The zero-order valence-corrected chi connectivity index (χ0v) is 12.7. The Bertz CT molecular complexity index is 563. The molecule has 0 amide bonds. The van der Waals surface area contributed by atoms with E-state index in [2.05, 4.69) is 0 Å². The molecule has 7 heteroatoms. The lowest BCUT2D eigenvalue weighted by atomic mass is 10.2. The quantitative estimate of drug-likeness (QED) is 0.908. The number of halogens is 2. The fourth-order valence-electron chi connectivity index (χ4n) is 1.60. The molecule has 1 rings (SSSR count). The van der Waals surface area contributed by atoms with Gasteiger partial charge in [-0.3, -0.25) is 0 Å². The summed E-state index contributed by atoms with van der Waals surface area (Å²) in [6.45, 7) is 3.50. The molecule has 0 heterocycles. The molecule has 1 atom stereocenters. The maximum Gasteiger partial charge on any atom is 0.246 e. The summed E-state index contributed by atoms with van der Waals surface area (Å²) in [5.41, 5.74) is 5.47. The van der Waals surface area contributed by atoms with Gasteiger partial charge in [-0.15, -0.1) is 0 Å². The molecule has 1 aromatic rings. The molecule has 0 saturated heterocycles. The van der Waals surface area contributed by atoms with Crippen LogP contribution < -0.4 is 5.73 Å². The fraction of sp³-hybridized carbons (Fsp3) is 0.500. The third-order valence-corrected chi connectivity index (χ3v) is 5.36. The molecule has 0 aromatic heterocycles. The van der Waals surface area contributed by atoms with Gasteiger partial charge < -0.3 is 5.73 Å². The second-order valence-electron chi connectivity index (χ2n) is 4.36. The fourth-order valence-corrected chi connectivity index (χ4v) is 3.48. The Morgan fingerprint density at radius 3 is 2.53 bits per heavy atom. The second kappa shape index (κ2) is 6.17. The molecule has 4 nitrogen and oxygen atoms in total. The number of hydrogen-bond acceptors (Lipinski definition) is 3. The SMILES string of the molecule is CCC(C)N(C)S(=O)(=O)c1cc(Cl)cc(CN)c1F. The minimum Gasteiger partial charge on any atom is -0.326 e. The second-order valence-corrected chi connectivity index (χ2v) is 6.76. The summed E-state index contributed by atoms with van der Waals surface area (Å²) >= 11 is 5.82. The van der Waals surface area contributed by atoms with Gasteiger partial charge in [0.15, 0.2) is 0 Å². The van der Waals surface area contributed by atoms with Crippen LogP contribution in [0.2, 0.25) is 5.02 Å². The predicted octanol–water partition coefficient (Wildman–Crippen LogP) is 2.36. The van der Waals surface area contributed by atoms with Crippen molar-refractivity contribution >= 4 is 21.6 Å². The Balaban J connectivity index is 3.41. The van der Waals surface area contributed by atoms with Gasteiger partial charge in [-0.05, 0) is 25.5 Å². The highest BCUT2D eigenvalue weighted by atomic mass is 35.5. The highest BCUT2D eigenvalue weighted by molar-refractivity contribution is 7.89. The van der Waals surface area contributed by atoms with Gasteiger partial charge in [-0.1, -0.05) is 18.5 Å². The first-order valence-corrected chi connectivity index (χ1v) is 7.73. The van der Waals surface area contributed by atoms with Crippen molar-refractivity contribution in [3.8, 4) is 0 Å². The molecule has 0 bridgehead atoms. The van der Waals surface area contributed by atoms with E-state index in [4.69, 9.17) is 17.3 Å². The van der Waals surface area contributed by atoms with Crippen LogP contribution in [-0.4, -0.2) is 25.8 Å². The van der Waals surface area contributed by atoms with E-state index in [1.165, 1.54) is 13.1 Å². The number of rotatable bonds is 5. The maximum absolute atomic E-state index is 14.1. The summed E-state index contributed by atoms with van der Waals surface area (Å²) < 4.78 is 40.0. The van der Waals surface area contributed by atoms with Crippen LogP contribution in [-0.2, 0) is 16.6 Å². The summed E-state index contributed by atoms with van der Waals surface area (Å²) in [5.74, 6) is -0.831. The maximum atomic E-state index is 14.1. The predicted molar refractivity (Wildman–Crippen MR) is 74.0 cm³/mol. The first kappa shape index (κ1) is 16.4. The van der Waals surface area contributed by atoms with Gasteiger partial charge in [0.05, 0.1) is 0 Å². The lowest BCUT2D eigenvalue weighted by Crippen LogP contribution is -2.35. The molecule has 108 valence electrons. The Labute approximate surface area is 118 Å². The van der Waals surface area contributed by atoms with Crippen molar-refractivity contribution in [2.24, 2.45) is 5.73 Å². The van der Waals surface area contributed by atoms with E-state index in [1.807, 2.05) is 6.92 Å². The van der Waals surface area contributed by atoms with Crippen LogP contribution in [0.5, 0.6) is 0 Å². The first-order valence-electron chi connectivity index (χ1n) is 5.91. The number of nitrogens with two attached hydrogens (primary N) is 1. The lowest BCUT2D eigenvalue weighted by Gasteiger charge is -2.23. The topological polar surface area (TPSA) is 63.4 Å². The molecule has 2 N–H and O–H groups in total. The molecular weight excluding hydrogens is 291 g/mol. The molecule has 1 unspecified atom stereocenters. The molecule has 0 saturated carbocycles. The molecule has 0 aliphatic carbocycles. The number of hydrogen-bond donors (Lipinski definition) is 1. The van der Waals surface area contributed by atoms with Crippen molar-refractivity contribution < 1.29 is 12.8 Å². The summed E-state index contributed by atoms with van der Waals surface area (Å²) in [6.07, 6.45) is 0.627. The van der Waals surface area contributed by atoms with Crippen molar-refractivity contribution in [2.75, 3.05) is 7.05 Å². The van der Waals surface area contributed by atoms with E-state index in [9.17, 15) is 12.8 Å². The third-order valence-electron chi connectivity index (χ3n) is 3.17. The van der Waals surface area contributed by atoms with E-state index in [0.29, 0.717) is 6.42 Å². The lowest BCUT2D eigenvalue weighted by molar-refractivity contribution is 0.378. The Kier molecular flexibility index (Phi) is 5.32. The van der Waals surface area contributed by atoms with Crippen molar-refractivity contribution in [3.05, 3.63) is 28.5 Å². The van der Waals surface area contributed by atoms with Gasteiger partial charge in [0.1, 0.15) is 10.7 Å². The van der Waals surface area contributed by atoms with Crippen molar-refractivity contribution in [3.63, 3.8) is 0 Å². The minimum absolute atomic E-state index is 0.0867. The van der Waals surface area contributed by atoms with Gasteiger partial charge in [-0.25, -0.2) is 12.8 Å². The van der Waals surface area contributed by atoms with Crippen LogP contribution in [0.15, 0.2) is 17.0 Å². The van der Waals surface area contributed by atoms with Crippen LogP contribution in [0.25, 0.3) is 0 Å². The molecule has 0 fully saturated rings. The molecule has 0 spiro atoms. The standard InChI is InChI=1S/C12H18ClFN2O2S/c1-4-8(2)16(3)19(17,18)11-6-10(13)5-9(7-15)12(11)14/h5-6,8H,4,7,15H2,1-3H3. The zero-order chi connectivity index (χ0) is 14.8. The Morgan fingerprint density at radius 2 is 2.05 bits per heavy atom. The molecule has 0 aliphatic rings. The highest BCUT2D eigenvalue weighted by Crippen LogP contribution is 2.26. The normalized spacial score (nSPS) is 13.8. The van der Waals surface area contributed by atoms with Crippen LogP contribution in [0.1, 0.15) is 25.8 Å². The summed E-state index contributed by atoms with van der Waals surface area (Å²) in [5, 5.41) is 0.151. The smallest absolute Gasteiger partial charge is 0.246 e. The van der Waals surface area contributed by atoms with Gasteiger partial charge >= 0.3 is 0 Å². The van der Waals surface area contributed by atoms with Gasteiger partial charge in [-0.2, -0.15) is 4.31 Å². The largest absolute Gasteiger partial charge is 0.326 e. The van der Waals surface area contributed by atoms with Gasteiger partial charge in [0, 0.05) is 30.2 Å². The average molecular weight is 309 g/mol. The van der Waals surface area contributed by atoms with Crippen molar-refractivity contribution in [2.45, 2.75) is 37.8 Å². The summed E-state index contributed by atoms with van der Waals surface area (Å²) in [7, 11) is -2.50. The van der Waals surface area contributed by atoms with E-state index < -0.39 is 20.7 Å². The van der Waals surface area contributed by atoms with Crippen molar-refractivity contribution in [1.82, 2.24) is 4.31 Å². The van der Waals surface area contributed by atoms with Gasteiger partial charge in [0.25, 0.3) is 0 Å². The molecule has 19 heavy (non-hydrogen) atoms. The van der Waals surface area contributed by atoms with Crippen molar-refractivity contribution in [1.29, 1.82) is 0 Å². The molecular formula is C12H18ClFN2O2S. The van der Waals surface area contributed by atoms with Crippen LogP contribution in [0.3, 0.4) is 0 Å².